The van der Waals surface area contributed by atoms with Crippen molar-refractivity contribution in [1.82, 2.24) is 14.5 Å². The summed E-state index contributed by atoms with van der Waals surface area (Å²) in [6.07, 6.45) is 3.13. The molecule has 1 aliphatic heterocycles. The molecule has 0 aliphatic carbocycles. The lowest BCUT2D eigenvalue weighted by Crippen LogP contribution is -2.41. The van der Waals surface area contributed by atoms with Crippen LogP contribution >= 0.6 is 34.5 Å². The smallest absolute Gasteiger partial charge is 0.349 e. The fourth-order valence-electron chi connectivity index (χ4n) is 4.76. The van der Waals surface area contributed by atoms with Gasteiger partial charge in [-0.15, -0.1) is 11.3 Å². The van der Waals surface area contributed by atoms with Crippen LogP contribution in [0.1, 0.15) is 55.0 Å². The van der Waals surface area contributed by atoms with E-state index in [2.05, 4.69) is 23.7 Å². The first-order chi connectivity index (χ1) is 18.2. The van der Waals surface area contributed by atoms with Crippen molar-refractivity contribution in [1.29, 1.82) is 0 Å². The molecule has 3 heterocycles. The molecule has 10 heteroatoms. The van der Waals surface area contributed by atoms with Crippen LogP contribution in [0.15, 0.2) is 48.8 Å². The van der Waals surface area contributed by atoms with Gasteiger partial charge >= 0.3 is 5.97 Å². The largest absolute Gasteiger partial charge is 0.489 e. The number of rotatable bonds is 8. The first-order valence-corrected chi connectivity index (χ1v) is 14.1. The number of piperidine rings is 1. The highest BCUT2D eigenvalue weighted by atomic mass is 35.5. The van der Waals surface area contributed by atoms with Crippen LogP contribution in [0.2, 0.25) is 10.0 Å². The molecule has 4 aromatic rings. The molecule has 0 amide bonds. The van der Waals surface area contributed by atoms with Crippen molar-refractivity contribution in [3.05, 3.63) is 69.3 Å². The van der Waals surface area contributed by atoms with Gasteiger partial charge in [0.15, 0.2) is 4.88 Å². The van der Waals surface area contributed by atoms with Gasteiger partial charge in [-0.2, -0.15) is 0 Å². The summed E-state index contributed by atoms with van der Waals surface area (Å²) in [6.45, 7) is 8.27. The second-order valence-corrected chi connectivity index (χ2v) is 11.5. The van der Waals surface area contributed by atoms with Gasteiger partial charge in [0.05, 0.1) is 16.1 Å². The number of carbonyl (C=O) groups is 1. The molecule has 38 heavy (non-hydrogen) atoms. The third kappa shape index (κ3) is 5.50. The van der Waals surface area contributed by atoms with Gasteiger partial charge in [0.1, 0.15) is 35.0 Å². The molecule has 2 aromatic heterocycles. The van der Waals surface area contributed by atoms with Gasteiger partial charge in [0, 0.05) is 35.8 Å². The lowest BCUT2D eigenvalue weighted by atomic mass is 10.1. The van der Waals surface area contributed by atoms with E-state index in [0.717, 1.165) is 53.9 Å². The van der Waals surface area contributed by atoms with Crippen molar-refractivity contribution in [2.75, 3.05) is 13.1 Å². The Kier molecular flexibility index (Phi) is 7.86. The summed E-state index contributed by atoms with van der Waals surface area (Å²) >= 11 is 14.0. The number of aromatic carboxylic acids is 1. The summed E-state index contributed by atoms with van der Waals surface area (Å²) in [5.74, 6) is -0.174. The van der Waals surface area contributed by atoms with Crippen molar-refractivity contribution in [3.8, 4) is 16.5 Å². The van der Waals surface area contributed by atoms with Crippen molar-refractivity contribution in [2.45, 2.75) is 51.9 Å². The Morgan fingerprint density at radius 1 is 1.11 bits per heavy atom. The molecule has 0 saturated carbocycles. The van der Waals surface area contributed by atoms with E-state index in [1.165, 1.54) is 0 Å². The average Bonchev–Trinajstić information content (AvgIpc) is 3.49. The molecule has 0 radical (unpaired) electrons. The standard InChI is InChI=1S/C28H29Cl2N3O4S/c1-16(2)32-11-9-19(10-12-32)37-23-6-4-5-20(26(23)30)17(3)36-24-14-25(38-27(24)28(34)35)33-15-31-21-13-18(29)7-8-22(21)33/h4-8,13-17,19H,9-12H2,1-3H3,(H,34,35)/t17-/m1/s1. The molecule has 1 saturated heterocycles. The van der Waals surface area contributed by atoms with Gasteiger partial charge in [-0.25, -0.2) is 9.78 Å². The predicted octanol–water partition coefficient (Wildman–Crippen LogP) is 7.48. The summed E-state index contributed by atoms with van der Waals surface area (Å²) < 4.78 is 14.3. The number of hydrogen-bond acceptors (Lipinski definition) is 6. The molecule has 1 fully saturated rings. The molecule has 200 valence electrons. The van der Waals surface area contributed by atoms with Gasteiger partial charge in [-0.1, -0.05) is 35.3 Å². The lowest BCUT2D eigenvalue weighted by molar-refractivity contribution is 0.0695. The Morgan fingerprint density at radius 2 is 1.87 bits per heavy atom. The molecule has 0 unspecified atom stereocenters. The molecule has 0 spiro atoms. The van der Waals surface area contributed by atoms with Gasteiger partial charge in [-0.05, 0) is 57.9 Å². The third-order valence-corrected chi connectivity index (χ3v) is 8.60. The van der Waals surface area contributed by atoms with Crippen LogP contribution in [0.3, 0.4) is 0 Å². The Bertz CT molecular complexity index is 1460. The minimum Gasteiger partial charge on any atom is -0.489 e. The second kappa shape index (κ2) is 11.1. The first-order valence-electron chi connectivity index (χ1n) is 12.6. The Hall–Kier alpha value is -2.78. The van der Waals surface area contributed by atoms with E-state index in [0.29, 0.717) is 26.8 Å². The molecular weight excluding hydrogens is 545 g/mol. The fraction of sp³-hybridized carbons (Fsp3) is 0.357. The van der Waals surface area contributed by atoms with Gasteiger partial charge in [0.2, 0.25) is 0 Å². The molecule has 5 rings (SSSR count). The maximum absolute atomic E-state index is 12.1. The minimum absolute atomic E-state index is 0.100. The predicted molar refractivity (Wildman–Crippen MR) is 152 cm³/mol. The number of benzene rings is 2. The Morgan fingerprint density at radius 3 is 2.58 bits per heavy atom. The quantitative estimate of drug-likeness (QED) is 0.235. The zero-order valence-corrected chi connectivity index (χ0v) is 23.7. The number of thiophene rings is 1. The monoisotopic (exact) mass is 573 g/mol. The molecule has 1 atom stereocenters. The molecular formula is C28H29Cl2N3O4S. The zero-order chi connectivity index (χ0) is 27.0. The molecule has 0 bridgehead atoms. The number of ether oxygens (including phenoxy) is 2. The highest BCUT2D eigenvalue weighted by Crippen LogP contribution is 2.39. The second-order valence-electron chi connectivity index (χ2n) is 9.70. The summed E-state index contributed by atoms with van der Waals surface area (Å²) in [5, 5.41) is 11.6. The van der Waals surface area contributed by atoms with Crippen molar-refractivity contribution >= 4 is 51.5 Å². The van der Waals surface area contributed by atoms with E-state index in [4.69, 9.17) is 32.7 Å². The third-order valence-electron chi connectivity index (χ3n) is 6.86. The highest BCUT2D eigenvalue weighted by Gasteiger charge is 2.25. The number of halogens is 2. The van der Waals surface area contributed by atoms with Crippen LogP contribution in [0, 0.1) is 0 Å². The maximum atomic E-state index is 12.1. The normalized spacial score (nSPS) is 15.7. The van der Waals surface area contributed by atoms with Crippen LogP contribution in [0.5, 0.6) is 11.5 Å². The number of likely N-dealkylation sites (tertiary alicyclic amines) is 1. The number of aromatic nitrogens is 2. The Labute approximate surface area is 235 Å². The molecule has 1 aliphatic rings. The summed E-state index contributed by atoms with van der Waals surface area (Å²) in [7, 11) is 0. The average molecular weight is 575 g/mol. The number of fused-ring (bicyclic) bond motifs is 1. The summed E-state index contributed by atoms with van der Waals surface area (Å²) in [5.41, 5.74) is 2.27. The van der Waals surface area contributed by atoms with Crippen LogP contribution < -0.4 is 9.47 Å². The number of imidazole rings is 1. The molecule has 2 aromatic carbocycles. The van der Waals surface area contributed by atoms with E-state index < -0.39 is 12.1 Å². The van der Waals surface area contributed by atoms with Crippen LogP contribution in [0.4, 0.5) is 0 Å². The van der Waals surface area contributed by atoms with Crippen molar-refractivity contribution in [2.24, 2.45) is 0 Å². The molecule has 7 nitrogen and oxygen atoms in total. The van der Waals surface area contributed by atoms with E-state index in [9.17, 15) is 9.90 Å². The Balaban J connectivity index is 1.36. The van der Waals surface area contributed by atoms with Gasteiger partial charge < -0.3 is 19.5 Å². The lowest BCUT2D eigenvalue weighted by Gasteiger charge is -2.34. The van der Waals surface area contributed by atoms with E-state index in [1.807, 2.05) is 35.8 Å². The van der Waals surface area contributed by atoms with Crippen LogP contribution in [-0.2, 0) is 0 Å². The first kappa shape index (κ1) is 26.8. The SMILES string of the molecule is CC(C)N1CCC(Oc2cccc([C@@H](C)Oc3cc(-n4cnc5cc(Cl)ccc54)sc3C(=O)O)c2Cl)CC1. The van der Waals surface area contributed by atoms with Crippen LogP contribution in [0.25, 0.3) is 16.0 Å². The van der Waals surface area contributed by atoms with Crippen LogP contribution in [-0.4, -0.2) is 50.8 Å². The number of carboxylic acids is 1. The number of hydrogen-bond donors (Lipinski definition) is 1. The van der Waals surface area contributed by atoms with E-state index in [1.54, 1.807) is 24.5 Å². The minimum atomic E-state index is -1.06. The maximum Gasteiger partial charge on any atom is 0.349 e. The van der Waals surface area contributed by atoms with E-state index >= 15 is 0 Å². The zero-order valence-electron chi connectivity index (χ0n) is 21.4. The van der Waals surface area contributed by atoms with E-state index in [-0.39, 0.29) is 16.7 Å². The topological polar surface area (TPSA) is 76.8 Å². The number of nitrogens with zero attached hydrogens (tertiary/aromatic N) is 3. The van der Waals surface area contributed by atoms with Crippen molar-refractivity contribution < 1.29 is 19.4 Å². The number of carboxylic acid groups (broad SMARTS) is 1. The fourth-order valence-corrected chi connectivity index (χ4v) is 6.16. The van der Waals surface area contributed by atoms with Crippen molar-refractivity contribution in [3.63, 3.8) is 0 Å². The van der Waals surface area contributed by atoms with Gasteiger partial charge in [0.25, 0.3) is 0 Å². The highest BCUT2D eigenvalue weighted by molar-refractivity contribution is 7.16. The molecule has 1 N–H and O–H groups in total. The van der Waals surface area contributed by atoms with Gasteiger partial charge in [-0.3, -0.25) is 4.57 Å². The summed E-state index contributed by atoms with van der Waals surface area (Å²) in [4.78, 5) is 19.0. The summed E-state index contributed by atoms with van der Waals surface area (Å²) in [6, 6.07) is 13.3.